The Kier molecular flexibility index (Phi) is 5.07. The zero-order valence-corrected chi connectivity index (χ0v) is 11.2. The van der Waals surface area contributed by atoms with E-state index in [9.17, 15) is 9.50 Å². The highest BCUT2D eigenvalue weighted by Gasteiger charge is 2.35. The van der Waals surface area contributed by atoms with Gasteiger partial charge in [0.1, 0.15) is 16.9 Å². The van der Waals surface area contributed by atoms with Crippen molar-refractivity contribution in [2.45, 2.75) is 5.60 Å². The first-order chi connectivity index (χ1) is 7.95. The van der Waals surface area contributed by atoms with Crippen molar-refractivity contribution in [1.82, 2.24) is 0 Å². The van der Waals surface area contributed by atoms with Crippen LogP contribution in [0.2, 0.25) is 0 Å². The van der Waals surface area contributed by atoms with E-state index in [1.54, 1.807) is 12.1 Å². The summed E-state index contributed by atoms with van der Waals surface area (Å²) in [5.41, 5.74) is -1.85. The maximum atomic E-state index is 13.0. The predicted molar refractivity (Wildman–Crippen MR) is 67.5 cm³/mol. The number of rotatable bonds is 4. The van der Waals surface area contributed by atoms with Crippen molar-refractivity contribution in [3.8, 4) is 5.75 Å². The smallest absolute Gasteiger partial charge is 0.156 e. The van der Waals surface area contributed by atoms with Crippen LogP contribution in [0.15, 0.2) is 33.8 Å². The van der Waals surface area contributed by atoms with Gasteiger partial charge in [0.25, 0.3) is 0 Å². The second-order valence-corrected chi connectivity index (χ2v) is 4.63. The van der Waals surface area contributed by atoms with E-state index in [4.69, 9.17) is 39.5 Å². The summed E-state index contributed by atoms with van der Waals surface area (Å²) in [4.78, 5) is 0. The van der Waals surface area contributed by atoms with Crippen molar-refractivity contribution in [1.29, 1.82) is 0 Å². The van der Waals surface area contributed by atoms with Gasteiger partial charge in [-0.3, -0.25) is 0 Å². The number of hydrogen-bond acceptors (Lipinski definition) is 2. The average Bonchev–Trinajstić information content (AvgIpc) is 2.36. The Bertz CT molecular complexity index is 432. The number of halogens is 4. The molecule has 94 valence electrons. The highest BCUT2D eigenvalue weighted by atomic mass is 35.5. The van der Waals surface area contributed by atoms with Crippen LogP contribution in [0, 0.1) is 0 Å². The van der Waals surface area contributed by atoms with Gasteiger partial charge >= 0.3 is 0 Å². The van der Waals surface area contributed by atoms with Gasteiger partial charge in [-0.25, -0.2) is 4.39 Å². The van der Waals surface area contributed by atoms with Crippen LogP contribution in [-0.4, -0.2) is 18.9 Å². The molecular formula is C11H10Cl3FO2. The Balaban J connectivity index is 3.30. The van der Waals surface area contributed by atoms with E-state index < -0.39 is 12.3 Å². The molecule has 17 heavy (non-hydrogen) atoms. The summed E-state index contributed by atoms with van der Waals surface area (Å²) in [6, 6.07) is 6.21. The Morgan fingerprint density at radius 3 is 2.53 bits per heavy atom. The van der Waals surface area contributed by atoms with Gasteiger partial charge in [0.15, 0.2) is 5.60 Å². The molecule has 0 spiro atoms. The van der Waals surface area contributed by atoms with Crippen LogP contribution in [0.25, 0.3) is 0 Å². The number of ether oxygens (including phenoxy) is 1. The first-order valence-corrected chi connectivity index (χ1v) is 5.73. The molecule has 0 heterocycles. The normalized spacial score (nSPS) is 14.0. The van der Waals surface area contributed by atoms with Gasteiger partial charge in [-0.15, -0.1) is 0 Å². The molecule has 0 bridgehead atoms. The van der Waals surface area contributed by atoms with Gasteiger partial charge in [0.2, 0.25) is 0 Å². The Hall–Kier alpha value is -0.480. The molecule has 1 atom stereocenters. The van der Waals surface area contributed by atoms with Crippen molar-refractivity contribution in [2.75, 3.05) is 13.8 Å². The van der Waals surface area contributed by atoms with Gasteiger partial charge in [0, 0.05) is 0 Å². The van der Waals surface area contributed by atoms with Gasteiger partial charge in [0.05, 0.1) is 12.1 Å². The Morgan fingerprint density at radius 1 is 1.41 bits per heavy atom. The summed E-state index contributed by atoms with van der Waals surface area (Å²) < 4.78 is 17.6. The quantitative estimate of drug-likeness (QED) is 0.918. The van der Waals surface area contributed by atoms with Crippen LogP contribution in [0.3, 0.4) is 0 Å². The van der Waals surface area contributed by atoms with E-state index >= 15 is 0 Å². The minimum atomic E-state index is -2.06. The molecular weight excluding hydrogens is 289 g/mol. The second kappa shape index (κ2) is 5.91. The molecule has 6 heteroatoms. The van der Waals surface area contributed by atoms with E-state index in [1.807, 2.05) is 0 Å². The topological polar surface area (TPSA) is 29.5 Å². The first kappa shape index (κ1) is 14.6. The number of alkyl halides is 1. The van der Waals surface area contributed by atoms with Gasteiger partial charge in [-0.1, -0.05) is 46.9 Å². The summed E-state index contributed by atoms with van der Waals surface area (Å²) in [5, 5.41) is 9.80. The summed E-state index contributed by atoms with van der Waals surface area (Å²) in [6.45, 7) is -1.15. The summed E-state index contributed by atoms with van der Waals surface area (Å²) in [7, 11) is 1.46. The van der Waals surface area contributed by atoms with Gasteiger partial charge in [-0.05, 0) is 17.7 Å². The Morgan fingerprint density at radius 2 is 2.06 bits per heavy atom. The molecule has 0 aliphatic rings. The largest absolute Gasteiger partial charge is 0.497 e. The zero-order valence-electron chi connectivity index (χ0n) is 8.88. The highest BCUT2D eigenvalue weighted by Crippen LogP contribution is 2.38. The third-order valence-electron chi connectivity index (χ3n) is 2.27. The van der Waals surface area contributed by atoms with E-state index in [-0.39, 0.29) is 15.1 Å². The van der Waals surface area contributed by atoms with Crippen LogP contribution in [0.5, 0.6) is 5.75 Å². The fourth-order valence-corrected chi connectivity index (χ4v) is 1.77. The average molecular weight is 300 g/mol. The summed E-state index contributed by atoms with van der Waals surface area (Å²) in [6.07, 6.45) is 0. The molecule has 1 unspecified atom stereocenters. The summed E-state index contributed by atoms with van der Waals surface area (Å²) in [5.74, 6) is 0.463. The molecule has 0 saturated carbocycles. The fourth-order valence-electron chi connectivity index (χ4n) is 1.30. The van der Waals surface area contributed by atoms with Gasteiger partial charge < -0.3 is 9.84 Å². The van der Waals surface area contributed by atoms with Crippen molar-refractivity contribution in [2.24, 2.45) is 0 Å². The highest BCUT2D eigenvalue weighted by molar-refractivity contribution is 6.59. The van der Waals surface area contributed by atoms with Crippen LogP contribution in [0.4, 0.5) is 4.39 Å². The number of hydrogen-bond donors (Lipinski definition) is 1. The summed E-state index contributed by atoms with van der Waals surface area (Å²) >= 11 is 16.7. The van der Waals surface area contributed by atoms with E-state index in [1.165, 1.54) is 19.2 Å². The van der Waals surface area contributed by atoms with E-state index in [2.05, 4.69) is 0 Å². The third kappa shape index (κ3) is 3.05. The van der Waals surface area contributed by atoms with E-state index in [0.717, 1.165) is 0 Å². The Labute approximate surface area is 114 Å². The number of aliphatic hydroxyl groups is 1. The maximum Gasteiger partial charge on any atom is 0.156 e. The lowest BCUT2D eigenvalue weighted by Gasteiger charge is -2.25. The molecule has 0 aliphatic carbocycles. The molecule has 0 amide bonds. The maximum absolute atomic E-state index is 13.0. The van der Waals surface area contributed by atoms with Crippen molar-refractivity contribution < 1.29 is 14.2 Å². The monoisotopic (exact) mass is 298 g/mol. The zero-order chi connectivity index (χ0) is 13.1. The molecule has 0 fully saturated rings. The van der Waals surface area contributed by atoms with Crippen molar-refractivity contribution in [3.05, 3.63) is 39.4 Å². The molecule has 2 nitrogen and oxygen atoms in total. The van der Waals surface area contributed by atoms with Crippen LogP contribution in [0.1, 0.15) is 5.56 Å². The van der Waals surface area contributed by atoms with Crippen LogP contribution >= 0.6 is 34.8 Å². The fraction of sp³-hybridized carbons (Fsp3) is 0.273. The molecule has 0 radical (unpaired) electrons. The molecule has 1 rings (SSSR count). The first-order valence-electron chi connectivity index (χ1n) is 4.60. The standard InChI is InChI=1S/C11H10Cl3FO2/c1-17-8-4-2-3-7(5-8)11(16,6-15)9(12)10(13)14/h2-5,16H,6H2,1H3. The lowest BCUT2D eigenvalue weighted by Crippen LogP contribution is -2.29. The molecule has 0 aromatic heterocycles. The third-order valence-corrected chi connectivity index (χ3v) is 3.34. The predicted octanol–water partition coefficient (Wildman–Crippen LogP) is 3.74. The van der Waals surface area contributed by atoms with E-state index in [0.29, 0.717) is 5.75 Å². The molecule has 1 aromatic carbocycles. The molecule has 0 saturated heterocycles. The molecule has 1 N–H and O–H groups in total. The second-order valence-electron chi connectivity index (χ2n) is 3.30. The van der Waals surface area contributed by atoms with Crippen LogP contribution in [-0.2, 0) is 5.60 Å². The number of methoxy groups -OCH3 is 1. The molecule has 1 aromatic rings. The lowest BCUT2D eigenvalue weighted by atomic mass is 9.95. The van der Waals surface area contributed by atoms with Crippen molar-refractivity contribution >= 4 is 34.8 Å². The SMILES string of the molecule is COc1cccc(C(O)(CF)C(Cl)=C(Cl)Cl)c1. The minimum Gasteiger partial charge on any atom is -0.497 e. The molecule has 0 aliphatic heterocycles. The number of benzene rings is 1. The lowest BCUT2D eigenvalue weighted by molar-refractivity contribution is 0.0548. The van der Waals surface area contributed by atoms with Crippen LogP contribution < -0.4 is 4.74 Å². The van der Waals surface area contributed by atoms with Gasteiger partial charge in [-0.2, -0.15) is 0 Å². The van der Waals surface area contributed by atoms with Crippen molar-refractivity contribution in [3.63, 3.8) is 0 Å². The minimum absolute atomic E-state index is 0.211.